The van der Waals surface area contributed by atoms with Gasteiger partial charge < -0.3 is 10.1 Å². The third kappa shape index (κ3) is 3.47. The molecule has 0 spiro atoms. The average Bonchev–Trinajstić information content (AvgIpc) is 2.29. The van der Waals surface area contributed by atoms with Crippen LogP contribution in [0.25, 0.3) is 0 Å². The topological polar surface area (TPSA) is 21.3 Å². The Bertz CT molecular complexity index is 351. The maximum absolute atomic E-state index is 5.35. The van der Waals surface area contributed by atoms with E-state index in [0.29, 0.717) is 0 Å². The van der Waals surface area contributed by atoms with Crippen molar-refractivity contribution in [3.8, 4) is 0 Å². The van der Waals surface area contributed by atoms with Gasteiger partial charge in [0.15, 0.2) is 0 Å². The summed E-state index contributed by atoms with van der Waals surface area (Å²) in [5, 5.41) is 3.49. The van der Waals surface area contributed by atoms with Crippen molar-refractivity contribution < 1.29 is 4.74 Å². The van der Waals surface area contributed by atoms with Gasteiger partial charge in [-0.25, -0.2) is 0 Å². The van der Waals surface area contributed by atoms with Crippen molar-refractivity contribution in [2.24, 2.45) is 5.92 Å². The first-order chi connectivity index (χ1) is 7.75. The Morgan fingerprint density at radius 3 is 2.69 bits per heavy atom. The van der Waals surface area contributed by atoms with Crippen LogP contribution in [0.4, 0.5) is 5.69 Å². The molecule has 0 bridgehead atoms. The second-order valence-corrected chi connectivity index (χ2v) is 5.83. The number of rotatable bonds is 3. The Morgan fingerprint density at radius 2 is 2.00 bits per heavy atom. The fraction of sp³-hybridized carbons (Fsp3) is 0.500. The summed E-state index contributed by atoms with van der Waals surface area (Å²) >= 11 is 7.00. The molecule has 4 heteroatoms. The predicted octanol–water partition coefficient (Wildman–Crippen LogP) is 4.05. The Labute approximate surface area is 113 Å². The minimum absolute atomic E-state index is 0.740. The van der Waals surface area contributed by atoms with Crippen molar-refractivity contribution in [1.29, 1.82) is 0 Å². The Kier molecular flexibility index (Phi) is 4.67. The van der Waals surface area contributed by atoms with Crippen LogP contribution in [-0.4, -0.2) is 19.8 Å². The molecule has 1 aliphatic rings. The first kappa shape index (κ1) is 12.4. The van der Waals surface area contributed by atoms with E-state index in [9.17, 15) is 0 Å². The van der Waals surface area contributed by atoms with E-state index in [4.69, 9.17) is 4.74 Å². The van der Waals surface area contributed by atoms with Crippen molar-refractivity contribution in [2.75, 3.05) is 25.1 Å². The quantitative estimate of drug-likeness (QED) is 0.889. The van der Waals surface area contributed by atoms with Crippen LogP contribution in [0.5, 0.6) is 0 Å². The van der Waals surface area contributed by atoms with E-state index in [0.717, 1.165) is 40.3 Å². The molecular weight excluding hydrogens is 334 g/mol. The fourth-order valence-electron chi connectivity index (χ4n) is 1.84. The highest BCUT2D eigenvalue weighted by Crippen LogP contribution is 2.27. The van der Waals surface area contributed by atoms with E-state index in [1.807, 2.05) is 0 Å². The number of ether oxygens (including phenoxy) is 1. The van der Waals surface area contributed by atoms with Gasteiger partial charge in [-0.3, -0.25) is 0 Å². The minimum atomic E-state index is 0.740. The van der Waals surface area contributed by atoms with Gasteiger partial charge >= 0.3 is 0 Å². The molecule has 1 aromatic carbocycles. The molecular formula is C12H15Br2NO. The van der Waals surface area contributed by atoms with Crippen LogP contribution in [0, 0.1) is 5.92 Å². The molecule has 0 atom stereocenters. The van der Waals surface area contributed by atoms with Gasteiger partial charge in [-0.05, 0) is 52.9 Å². The maximum Gasteiger partial charge on any atom is 0.0485 e. The van der Waals surface area contributed by atoms with E-state index >= 15 is 0 Å². The molecule has 1 aromatic rings. The largest absolute Gasteiger partial charge is 0.384 e. The third-order valence-electron chi connectivity index (χ3n) is 2.85. The highest BCUT2D eigenvalue weighted by Gasteiger charge is 2.13. The van der Waals surface area contributed by atoms with Crippen LogP contribution in [0.3, 0.4) is 0 Å². The molecule has 0 saturated carbocycles. The zero-order chi connectivity index (χ0) is 11.4. The lowest BCUT2D eigenvalue weighted by Crippen LogP contribution is -2.22. The van der Waals surface area contributed by atoms with Gasteiger partial charge in [0.05, 0.1) is 0 Å². The van der Waals surface area contributed by atoms with E-state index in [1.165, 1.54) is 12.8 Å². The highest BCUT2D eigenvalue weighted by atomic mass is 79.9. The van der Waals surface area contributed by atoms with E-state index in [2.05, 4.69) is 55.4 Å². The molecule has 0 radical (unpaired) electrons. The zero-order valence-corrected chi connectivity index (χ0v) is 12.2. The molecule has 1 saturated heterocycles. The standard InChI is InChI=1S/C12H15Br2NO/c13-10-1-2-12(11(14)7-10)15-8-9-3-5-16-6-4-9/h1-2,7,9,15H,3-6,8H2. The van der Waals surface area contributed by atoms with Crippen molar-refractivity contribution >= 4 is 37.5 Å². The van der Waals surface area contributed by atoms with Crippen LogP contribution in [-0.2, 0) is 4.74 Å². The predicted molar refractivity (Wildman–Crippen MR) is 73.9 cm³/mol. The molecule has 2 rings (SSSR count). The van der Waals surface area contributed by atoms with Gasteiger partial charge in [0.2, 0.25) is 0 Å². The average molecular weight is 349 g/mol. The fourth-order valence-corrected chi connectivity index (χ4v) is 3.02. The summed E-state index contributed by atoms with van der Waals surface area (Å²) in [4.78, 5) is 0. The summed E-state index contributed by atoms with van der Waals surface area (Å²) in [6, 6.07) is 6.21. The SMILES string of the molecule is Brc1ccc(NCC2CCOCC2)c(Br)c1. The molecule has 0 aromatic heterocycles. The molecule has 1 fully saturated rings. The van der Waals surface area contributed by atoms with E-state index in [-0.39, 0.29) is 0 Å². The summed E-state index contributed by atoms with van der Waals surface area (Å²) in [6.45, 7) is 2.85. The van der Waals surface area contributed by atoms with Crippen LogP contribution in [0.15, 0.2) is 27.1 Å². The molecule has 88 valence electrons. The van der Waals surface area contributed by atoms with Crippen molar-refractivity contribution in [1.82, 2.24) is 0 Å². The van der Waals surface area contributed by atoms with Crippen LogP contribution in [0.2, 0.25) is 0 Å². The maximum atomic E-state index is 5.35. The smallest absolute Gasteiger partial charge is 0.0485 e. The van der Waals surface area contributed by atoms with Gasteiger partial charge in [0.1, 0.15) is 0 Å². The van der Waals surface area contributed by atoms with Crippen molar-refractivity contribution in [3.05, 3.63) is 27.1 Å². The Balaban J connectivity index is 1.88. The lowest BCUT2D eigenvalue weighted by Gasteiger charge is -2.23. The molecule has 1 heterocycles. The summed E-state index contributed by atoms with van der Waals surface area (Å²) in [5.41, 5.74) is 1.16. The third-order valence-corrected chi connectivity index (χ3v) is 4.00. The molecule has 1 aliphatic heterocycles. The zero-order valence-electron chi connectivity index (χ0n) is 9.01. The lowest BCUT2D eigenvalue weighted by molar-refractivity contribution is 0.0699. The molecule has 1 N–H and O–H groups in total. The van der Waals surface area contributed by atoms with Crippen LogP contribution < -0.4 is 5.32 Å². The van der Waals surface area contributed by atoms with Crippen LogP contribution in [0.1, 0.15) is 12.8 Å². The first-order valence-corrected chi connectivity index (χ1v) is 7.11. The van der Waals surface area contributed by atoms with E-state index in [1.54, 1.807) is 0 Å². The molecule has 0 amide bonds. The van der Waals surface area contributed by atoms with Gasteiger partial charge in [0.25, 0.3) is 0 Å². The number of benzene rings is 1. The molecule has 0 aliphatic carbocycles. The Morgan fingerprint density at radius 1 is 1.25 bits per heavy atom. The van der Waals surface area contributed by atoms with E-state index < -0.39 is 0 Å². The summed E-state index contributed by atoms with van der Waals surface area (Å²) in [7, 11) is 0. The summed E-state index contributed by atoms with van der Waals surface area (Å²) in [6.07, 6.45) is 2.34. The highest BCUT2D eigenvalue weighted by molar-refractivity contribution is 9.11. The molecule has 2 nitrogen and oxygen atoms in total. The number of halogens is 2. The molecule has 0 unspecified atom stereocenters. The number of hydrogen-bond donors (Lipinski definition) is 1. The van der Waals surface area contributed by atoms with Gasteiger partial charge in [-0.15, -0.1) is 0 Å². The van der Waals surface area contributed by atoms with Gasteiger partial charge in [-0.2, -0.15) is 0 Å². The number of anilines is 1. The van der Waals surface area contributed by atoms with Gasteiger partial charge in [0, 0.05) is 34.4 Å². The lowest BCUT2D eigenvalue weighted by atomic mass is 10.0. The second-order valence-electron chi connectivity index (χ2n) is 4.06. The summed E-state index contributed by atoms with van der Waals surface area (Å²) in [5.74, 6) is 0.740. The summed E-state index contributed by atoms with van der Waals surface area (Å²) < 4.78 is 7.55. The van der Waals surface area contributed by atoms with Crippen molar-refractivity contribution in [3.63, 3.8) is 0 Å². The monoisotopic (exact) mass is 347 g/mol. The second kappa shape index (κ2) is 6.03. The minimum Gasteiger partial charge on any atom is -0.384 e. The Hall–Kier alpha value is -0.0600. The molecule has 16 heavy (non-hydrogen) atoms. The van der Waals surface area contributed by atoms with Gasteiger partial charge in [-0.1, -0.05) is 15.9 Å². The van der Waals surface area contributed by atoms with Crippen LogP contribution >= 0.6 is 31.9 Å². The van der Waals surface area contributed by atoms with Crippen molar-refractivity contribution in [2.45, 2.75) is 12.8 Å². The first-order valence-electron chi connectivity index (χ1n) is 5.52. The number of nitrogens with one attached hydrogen (secondary N) is 1. The normalized spacial score (nSPS) is 17.4. The number of hydrogen-bond acceptors (Lipinski definition) is 2.